The van der Waals surface area contributed by atoms with Crippen LogP contribution < -0.4 is 10.6 Å². The number of anilines is 2. The van der Waals surface area contributed by atoms with Gasteiger partial charge in [0.25, 0.3) is 0 Å². The molecule has 3 N–H and O–H groups in total. The lowest BCUT2D eigenvalue weighted by Gasteiger charge is -2.29. The minimum absolute atomic E-state index is 0.0749. The van der Waals surface area contributed by atoms with Gasteiger partial charge in [-0.05, 0) is 18.2 Å². The summed E-state index contributed by atoms with van der Waals surface area (Å²) in [6.45, 7) is 5.42. The number of nitrogens with zero attached hydrogens (tertiary/aromatic N) is 2. The van der Waals surface area contributed by atoms with Crippen molar-refractivity contribution in [3.8, 4) is 0 Å². The van der Waals surface area contributed by atoms with Crippen molar-refractivity contribution in [3.05, 3.63) is 41.7 Å². The lowest BCUT2D eigenvalue weighted by Crippen LogP contribution is -2.38. The third-order valence-electron chi connectivity index (χ3n) is 4.00. The first-order valence-corrected chi connectivity index (χ1v) is 7.93. The Bertz CT molecular complexity index is 755. The highest BCUT2D eigenvalue weighted by Gasteiger charge is 2.25. The van der Waals surface area contributed by atoms with Crippen LogP contribution in [0, 0.1) is 0 Å². The molecule has 2 heterocycles. The molecule has 1 aliphatic heterocycles. The second kappa shape index (κ2) is 6.84. The molecule has 0 spiro atoms. The summed E-state index contributed by atoms with van der Waals surface area (Å²) >= 11 is 0. The number of hydrogen-bond acceptors (Lipinski definition) is 4. The zero-order valence-electron chi connectivity index (χ0n) is 13.8. The van der Waals surface area contributed by atoms with Crippen LogP contribution in [0.1, 0.15) is 31.0 Å². The molecule has 1 aromatic carbocycles. The molecular weight excluding hydrogens is 306 g/mol. The summed E-state index contributed by atoms with van der Waals surface area (Å²) in [6, 6.07) is 7.12. The van der Waals surface area contributed by atoms with E-state index < -0.39 is 0 Å². The van der Waals surface area contributed by atoms with Crippen LogP contribution in [0.4, 0.5) is 11.4 Å². The monoisotopic (exact) mass is 327 g/mol. The summed E-state index contributed by atoms with van der Waals surface area (Å²) < 4.78 is 0. The Morgan fingerprint density at radius 1 is 1.33 bits per heavy atom. The second-order valence-electron chi connectivity index (χ2n) is 6.19. The molecule has 0 aliphatic carbocycles. The molecule has 0 saturated heterocycles. The summed E-state index contributed by atoms with van der Waals surface area (Å²) in [7, 11) is 0. The number of benzene rings is 1. The number of rotatable bonds is 4. The number of fused-ring (bicyclic) bond motifs is 1. The Labute approximate surface area is 140 Å². The molecule has 0 saturated carbocycles. The quantitative estimate of drug-likeness (QED) is 0.800. The van der Waals surface area contributed by atoms with E-state index in [0.29, 0.717) is 23.8 Å². The van der Waals surface area contributed by atoms with Gasteiger partial charge in [-0.3, -0.25) is 19.6 Å². The van der Waals surface area contributed by atoms with Crippen LogP contribution in [-0.2, 0) is 16.1 Å². The fourth-order valence-corrected chi connectivity index (χ4v) is 3.06. The maximum absolute atomic E-state index is 12.3. The van der Waals surface area contributed by atoms with Gasteiger partial charge in [-0.2, -0.15) is 5.10 Å². The van der Waals surface area contributed by atoms with E-state index in [0.717, 1.165) is 24.3 Å². The average Bonchev–Trinajstić information content (AvgIpc) is 2.95. The summed E-state index contributed by atoms with van der Waals surface area (Å²) in [6.07, 6.45) is 1.83. The van der Waals surface area contributed by atoms with Gasteiger partial charge in [0.15, 0.2) is 0 Å². The van der Waals surface area contributed by atoms with Crippen molar-refractivity contribution in [2.75, 3.05) is 23.7 Å². The van der Waals surface area contributed by atoms with Gasteiger partial charge in [-0.15, -0.1) is 0 Å². The van der Waals surface area contributed by atoms with Crippen LogP contribution >= 0.6 is 0 Å². The number of nitrogens with one attached hydrogen (secondary N) is 3. The molecule has 0 bridgehead atoms. The number of aromatic nitrogens is 2. The van der Waals surface area contributed by atoms with E-state index in [1.54, 1.807) is 24.3 Å². The maximum atomic E-state index is 12.3. The Hall–Kier alpha value is -2.67. The molecule has 1 unspecified atom stereocenters. The van der Waals surface area contributed by atoms with Crippen LogP contribution in [-0.4, -0.2) is 40.0 Å². The number of carbonyl (C=O) groups is 2. The zero-order valence-corrected chi connectivity index (χ0v) is 13.8. The van der Waals surface area contributed by atoms with Gasteiger partial charge in [0.2, 0.25) is 11.8 Å². The largest absolute Gasteiger partial charge is 0.326 e. The number of aromatic amines is 1. The topological polar surface area (TPSA) is 90.1 Å². The molecule has 126 valence electrons. The first-order chi connectivity index (χ1) is 11.5. The van der Waals surface area contributed by atoms with Gasteiger partial charge in [0, 0.05) is 48.6 Å². The minimum atomic E-state index is -0.142. The molecule has 1 atom stereocenters. The maximum Gasteiger partial charge on any atom is 0.238 e. The zero-order chi connectivity index (χ0) is 17.1. The summed E-state index contributed by atoms with van der Waals surface area (Å²) in [4.78, 5) is 25.5. The Balaban J connectivity index is 1.59. The third-order valence-corrected chi connectivity index (χ3v) is 4.00. The molecule has 7 heteroatoms. The molecule has 24 heavy (non-hydrogen) atoms. The van der Waals surface area contributed by atoms with E-state index in [1.807, 2.05) is 6.20 Å². The predicted octanol–water partition coefficient (Wildman–Crippen LogP) is 1.93. The van der Waals surface area contributed by atoms with E-state index in [1.165, 1.54) is 6.92 Å². The molecule has 7 nitrogen and oxygen atoms in total. The van der Waals surface area contributed by atoms with Crippen LogP contribution in [0.25, 0.3) is 0 Å². The minimum Gasteiger partial charge on any atom is -0.326 e. The van der Waals surface area contributed by atoms with E-state index in [-0.39, 0.29) is 11.8 Å². The first-order valence-electron chi connectivity index (χ1n) is 7.93. The lowest BCUT2D eigenvalue weighted by molar-refractivity contribution is -0.117. The fraction of sp³-hybridized carbons (Fsp3) is 0.353. The standard InChI is InChI=1S/C17H21N5O2/c1-11-8-22(9-13-7-18-21-17(11)13)10-16(24)20-15-5-3-4-14(6-15)19-12(2)23/h3-7,11H,8-10H2,1-2H3,(H,18,21)(H,19,23)(H,20,24). The number of carbonyl (C=O) groups excluding carboxylic acids is 2. The van der Waals surface area contributed by atoms with E-state index >= 15 is 0 Å². The molecule has 0 fully saturated rings. The molecule has 0 radical (unpaired) electrons. The molecule has 3 rings (SSSR count). The van der Waals surface area contributed by atoms with E-state index in [9.17, 15) is 9.59 Å². The Kier molecular flexibility index (Phi) is 4.61. The lowest BCUT2D eigenvalue weighted by atomic mass is 9.98. The van der Waals surface area contributed by atoms with Crippen molar-refractivity contribution in [1.82, 2.24) is 15.1 Å². The molecule has 1 aliphatic rings. The highest BCUT2D eigenvalue weighted by Crippen LogP contribution is 2.25. The highest BCUT2D eigenvalue weighted by atomic mass is 16.2. The Morgan fingerprint density at radius 2 is 2.08 bits per heavy atom. The van der Waals surface area contributed by atoms with Gasteiger partial charge in [-0.25, -0.2) is 0 Å². The van der Waals surface area contributed by atoms with Gasteiger partial charge in [-0.1, -0.05) is 13.0 Å². The van der Waals surface area contributed by atoms with Crippen molar-refractivity contribution < 1.29 is 9.59 Å². The van der Waals surface area contributed by atoms with Crippen LogP contribution in [0.3, 0.4) is 0 Å². The summed E-state index contributed by atoms with van der Waals surface area (Å²) in [5.41, 5.74) is 3.64. The van der Waals surface area contributed by atoms with Crippen LogP contribution in [0.2, 0.25) is 0 Å². The SMILES string of the molecule is CC(=O)Nc1cccc(NC(=O)CN2Cc3cn[nH]c3C(C)C2)c1. The predicted molar refractivity (Wildman–Crippen MR) is 91.7 cm³/mol. The average molecular weight is 327 g/mol. The number of H-pyrrole nitrogens is 1. The van der Waals surface area contributed by atoms with E-state index in [2.05, 4.69) is 32.7 Å². The molecular formula is C17H21N5O2. The molecule has 2 aromatic rings. The van der Waals surface area contributed by atoms with Crippen LogP contribution in [0.15, 0.2) is 30.5 Å². The summed E-state index contributed by atoms with van der Waals surface area (Å²) in [5, 5.41) is 12.7. The van der Waals surface area contributed by atoms with Crippen LogP contribution in [0.5, 0.6) is 0 Å². The second-order valence-corrected chi connectivity index (χ2v) is 6.19. The molecule has 2 amide bonds. The van der Waals surface area contributed by atoms with Gasteiger partial charge < -0.3 is 10.6 Å². The van der Waals surface area contributed by atoms with E-state index in [4.69, 9.17) is 0 Å². The smallest absolute Gasteiger partial charge is 0.238 e. The molecule has 1 aromatic heterocycles. The van der Waals surface area contributed by atoms with Gasteiger partial charge in [0.1, 0.15) is 0 Å². The Morgan fingerprint density at radius 3 is 2.83 bits per heavy atom. The van der Waals surface area contributed by atoms with Crippen molar-refractivity contribution in [3.63, 3.8) is 0 Å². The normalized spacial score (nSPS) is 17.2. The fourth-order valence-electron chi connectivity index (χ4n) is 3.06. The van der Waals surface area contributed by atoms with Gasteiger partial charge in [0.05, 0.1) is 12.7 Å². The summed E-state index contributed by atoms with van der Waals surface area (Å²) in [5.74, 6) is 0.109. The van der Waals surface area contributed by atoms with Crippen molar-refractivity contribution >= 4 is 23.2 Å². The van der Waals surface area contributed by atoms with Crippen molar-refractivity contribution in [2.24, 2.45) is 0 Å². The van der Waals surface area contributed by atoms with Crippen molar-refractivity contribution in [2.45, 2.75) is 26.3 Å². The number of hydrogen-bond donors (Lipinski definition) is 3. The van der Waals surface area contributed by atoms with Crippen molar-refractivity contribution in [1.29, 1.82) is 0 Å². The third kappa shape index (κ3) is 3.80. The number of amides is 2. The highest BCUT2D eigenvalue weighted by molar-refractivity contribution is 5.94. The van der Waals surface area contributed by atoms with Gasteiger partial charge >= 0.3 is 0 Å². The first kappa shape index (κ1) is 16.2.